The molecule has 1 rings (SSSR count). The molecular formula is C11H16N2O10. The molecule has 1 aromatic rings. The lowest BCUT2D eigenvalue weighted by atomic mass is 10.4. The van der Waals surface area contributed by atoms with Crippen LogP contribution in [0.25, 0.3) is 0 Å². The monoisotopic (exact) mass is 336 g/mol. The van der Waals surface area contributed by atoms with Crippen LogP contribution in [-0.2, 0) is 25.7 Å². The van der Waals surface area contributed by atoms with Gasteiger partial charge < -0.3 is 23.6 Å². The van der Waals surface area contributed by atoms with Gasteiger partial charge in [-0.2, -0.15) is 0 Å². The van der Waals surface area contributed by atoms with Gasteiger partial charge in [-0.15, -0.1) is 0 Å². The minimum Gasteiger partial charge on any atom is -0.456 e. The first kappa shape index (κ1) is 18.6. The minimum absolute atomic E-state index is 0.0614. The Kier molecular flexibility index (Phi) is 7.76. The van der Waals surface area contributed by atoms with Crippen LogP contribution >= 0.6 is 0 Å². The Labute approximate surface area is 129 Å². The number of amides is 1. The molecule has 0 aliphatic heterocycles. The molecule has 0 bridgehead atoms. The van der Waals surface area contributed by atoms with Crippen LogP contribution in [0.2, 0.25) is 0 Å². The standard InChI is InChI=1S/C11H16N2O10/c1-7-8(23-11(16)22-7)6-20-9(14)5-12-10(15)19-3-2-4-21-13(17)18/h17-18H,2-6H2,1H3,(H,12,15). The number of nitrogens with one attached hydrogen (secondary N) is 1. The van der Waals surface area contributed by atoms with Gasteiger partial charge in [0, 0.05) is 6.42 Å². The summed E-state index contributed by atoms with van der Waals surface area (Å²) >= 11 is 0. The Bertz CT molecular complexity index is 563. The zero-order valence-electron chi connectivity index (χ0n) is 12.1. The van der Waals surface area contributed by atoms with Crippen LogP contribution in [0.5, 0.6) is 0 Å². The highest BCUT2D eigenvalue weighted by Crippen LogP contribution is 2.06. The molecule has 3 N–H and O–H groups in total. The van der Waals surface area contributed by atoms with Crippen molar-refractivity contribution in [3.63, 3.8) is 0 Å². The lowest BCUT2D eigenvalue weighted by Gasteiger charge is -2.08. The van der Waals surface area contributed by atoms with Crippen molar-refractivity contribution in [3.8, 4) is 0 Å². The van der Waals surface area contributed by atoms with Gasteiger partial charge in [0.1, 0.15) is 6.54 Å². The van der Waals surface area contributed by atoms with E-state index in [1.165, 1.54) is 6.92 Å². The van der Waals surface area contributed by atoms with Gasteiger partial charge in [0.2, 0.25) is 0 Å². The van der Waals surface area contributed by atoms with E-state index < -0.39 is 29.8 Å². The third kappa shape index (κ3) is 7.96. The fraction of sp³-hybridized carbons (Fsp3) is 0.545. The van der Waals surface area contributed by atoms with Gasteiger partial charge in [0.05, 0.1) is 18.6 Å². The van der Waals surface area contributed by atoms with Gasteiger partial charge in [0.25, 0.3) is 0 Å². The predicted octanol–water partition coefficient (Wildman–Crippen LogP) is -0.287. The summed E-state index contributed by atoms with van der Waals surface area (Å²) in [7, 11) is 0. The van der Waals surface area contributed by atoms with Crippen molar-refractivity contribution in [2.24, 2.45) is 0 Å². The maximum atomic E-state index is 11.4. The first-order chi connectivity index (χ1) is 10.9. The molecule has 23 heavy (non-hydrogen) atoms. The quantitative estimate of drug-likeness (QED) is 0.309. The number of hydrogen-bond donors (Lipinski definition) is 3. The molecule has 0 fully saturated rings. The number of nitrogens with zero attached hydrogens (tertiary/aromatic N) is 1. The second-order valence-corrected chi connectivity index (χ2v) is 4.02. The third-order valence-electron chi connectivity index (χ3n) is 2.31. The largest absolute Gasteiger partial charge is 0.519 e. The molecule has 0 aromatic carbocycles. The summed E-state index contributed by atoms with van der Waals surface area (Å²) in [4.78, 5) is 37.6. The number of esters is 1. The number of alkyl carbamates (subject to hydrolysis) is 1. The highest BCUT2D eigenvalue weighted by atomic mass is 17.1. The van der Waals surface area contributed by atoms with Crippen LogP contribution in [0.3, 0.4) is 0 Å². The Morgan fingerprint density at radius 3 is 2.57 bits per heavy atom. The van der Waals surface area contributed by atoms with Crippen LogP contribution < -0.4 is 11.1 Å². The number of carbonyl (C=O) groups excluding carboxylic acids is 2. The fourth-order valence-corrected chi connectivity index (χ4v) is 1.27. The van der Waals surface area contributed by atoms with Crippen molar-refractivity contribution in [2.75, 3.05) is 19.8 Å². The lowest BCUT2D eigenvalue weighted by molar-refractivity contribution is -0.492. The van der Waals surface area contributed by atoms with Gasteiger partial charge in [-0.05, 0) is 6.92 Å². The average Bonchev–Trinajstić information content (AvgIpc) is 2.80. The Morgan fingerprint density at radius 2 is 1.96 bits per heavy atom. The van der Waals surface area contributed by atoms with Crippen molar-refractivity contribution in [1.82, 2.24) is 10.7 Å². The van der Waals surface area contributed by atoms with E-state index in [9.17, 15) is 14.4 Å². The lowest BCUT2D eigenvalue weighted by Crippen LogP contribution is -2.31. The van der Waals surface area contributed by atoms with Crippen LogP contribution in [0.1, 0.15) is 17.9 Å². The third-order valence-corrected chi connectivity index (χ3v) is 2.31. The summed E-state index contributed by atoms with van der Waals surface area (Å²) in [5, 5.41) is 18.1. The maximum Gasteiger partial charge on any atom is 0.519 e. The summed E-state index contributed by atoms with van der Waals surface area (Å²) in [5.74, 6) is -1.40. The maximum absolute atomic E-state index is 11.4. The average molecular weight is 336 g/mol. The SMILES string of the molecule is Cc1oc(=O)oc1COC(=O)CNC(=O)OCCCON(O)O. The molecular weight excluding hydrogens is 320 g/mol. The summed E-state index contributed by atoms with van der Waals surface area (Å²) in [6, 6.07) is 0. The van der Waals surface area contributed by atoms with Gasteiger partial charge in [0.15, 0.2) is 18.1 Å². The fourth-order valence-electron chi connectivity index (χ4n) is 1.27. The van der Waals surface area contributed by atoms with Crippen molar-refractivity contribution in [2.45, 2.75) is 20.0 Å². The van der Waals surface area contributed by atoms with Crippen LogP contribution in [0.15, 0.2) is 13.6 Å². The second-order valence-electron chi connectivity index (χ2n) is 4.02. The Morgan fingerprint density at radius 1 is 1.22 bits per heavy atom. The van der Waals surface area contributed by atoms with Gasteiger partial charge in [-0.25, -0.2) is 9.59 Å². The molecule has 0 spiro atoms. The summed E-state index contributed by atoms with van der Waals surface area (Å²) < 4.78 is 18.6. The molecule has 0 atom stereocenters. The minimum atomic E-state index is -0.898. The van der Waals surface area contributed by atoms with Crippen LogP contribution in [-0.4, -0.2) is 47.6 Å². The molecule has 12 heteroatoms. The van der Waals surface area contributed by atoms with E-state index in [0.717, 1.165) is 0 Å². The summed E-state index contributed by atoms with van der Waals surface area (Å²) in [6.07, 6.45) is -0.660. The number of hydrogen-bond acceptors (Lipinski definition) is 11. The van der Waals surface area contributed by atoms with Crippen LogP contribution in [0.4, 0.5) is 4.79 Å². The number of aryl methyl sites for hydroxylation is 1. The van der Waals surface area contributed by atoms with E-state index in [2.05, 4.69) is 23.7 Å². The number of ether oxygens (including phenoxy) is 2. The van der Waals surface area contributed by atoms with Crippen molar-refractivity contribution in [3.05, 3.63) is 22.1 Å². The first-order valence-electron chi connectivity index (χ1n) is 6.35. The molecule has 0 radical (unpaired) electrons. The van der Waals surface area contributed by atoms with E-state index >= 15 is 0 Å². The van der Waals surface area contributed by atoms with E-state index in [1.54, 1.807) is 0 Å². The van der Waals surface area contributed by atoms with Gasteiger partial charge >= 0.3 is 17.9 Å². The molecule has 130 valence electrons. The molecule has 0 saturated carbocycles. The zero-order chi connectivity index (χ0) is 17.2. The summed E-state index contributed by atoms with van der Waals surface area (Å²) in [5.41, 5.74) is 0. The first-order valence-corrected chi connectivity index (χ1v) is 6.35. The van der Waals surface area contributed by atoms with Crippen LogP contribution in [0, 0.1) is 6.92 Å². The molecule has 1 amide bonds. The second kappa shape index (κ2) is 9.58. The molecule has 0 saturated heterocycles. The van der Waals surface area contributed by atoms with E-state index in [0.29, 0.717) is 0 Å². The highest BCUT2D eigenvalue weighted by molar-refractivity contribution is 5.77. The Hall–Kier alpha value is -2.41. The number of rotatable bonds is 9. The van der Waals surface area contributed by atoms with E-state index in [1.807, 2.05) is 0 Å². The molecule has 1 heterocycles. The topological polar surface area (TPSA) is 161 Å². The molecule has 1 aromatic heterocycles. The molecule has 0 aliphatic rings. The normalized spacial score (nSPS) is 10.6. The summed E-state index contributed by atoms with van der Waals surface area (Å²) in [6.45, 7) is 0.576. The molecule has 0 aliphatic carbocycles. The van der Waals surface area contributed by atoms with Gasteiger partial charge in [-0.3, -0.25) is 20.0 Å². The van der Waals surface area contributed by atoms with Crippen molar-refractivity contribution < 1.29 is 43.1 Å². The van der Waals surface area contributed by atoms with Crippen molar-refractivity contribution in [1.29, 1.82) is 0 Å². The number of carbonyl (C=O) groups is 2. The van der Waals surface area contributed by atoms with E-state index in [-0.39, 0.29) is 37.8 Å². The predicted molar refractivity (Wildman–Crippen MR) is 67.1 cm³/mol. The zero-order valence-corrected chi connectivity index (χ0v) is 12.1. The Balaban J connectivity index is 2.12. The molecule has 0 unspecified atom stereocenters. The van der Waals surface area contributed by atoms with Crippen molar-refractivity contribution >= 4 is 12.1 Å². The van der Waals surface area contributed by atoms with Gasteiger partial charge in [-0.1, -0.05) is 0 Å². The van der Waals surface area contributed by atoms with E-state index in [4.69, 9.17) is 15.2 Å². The molecule has 12 nitrogen and oxygen atoms in total. The highest BCUT2D eigenvalue weighted by Gasteiger charge is 2.12. The smallest absolute Gasteiger partial charge is 0.456 e.